The number of fused-ring (bicyclic) bond motifs is 4. The normalized spacial score (nSPS) is 10.5. The average molecular weight is 566 g/mol. The van der Waals surface area contributed by atoms with Crippen LogP contribution in [0.3, 0.4) is 0 Å². The van der Waals surface area contributed by atoms with Crippen LogP contribution in [0.5, 0.6) is 0 Å². The van der Waals surface area contributed by atoms with Crippen LogP contribution in [0.4, 0.5) is 0 Å². The Kier molecular flexibility index (Phi) is 8.37. The van der Waals surface area contributed by atoms with Crippen molar-refractivity contribution in [3.63, 3.8) is 0 Å². The molecule has 0 unspecified atom stereocenters. The fourth-order valence-corrected chi connectivity index (χ4v) is 5.64. The van der Waals surface area contributed by atoms with E-state index in [4.69, 9.17) is 0 Å². The van der Waals surface area contributed by atoms with Crippen molar-refractivity contribution in [2.45, 2.75) is 13.8 Å². The predicted octanol–water partition coefficient (Wildman–Crippen LogP) is 9.69. The van der Waals surface area contributed by atoms with Gasteiger partial charge in [-0.05, 0) is 0 Å². The van der Waals surface area contributed by atoms with E-state index in [-0.39, 0.29) is 0 Å². The maximum atomic E-state index is 2.24. The minimum Gasteiger partial charge on any atom is -0.126 e. The molecule has 0 radical (unpaired) electrons. The van der Waals surface area contributed by atoms with Crippen LogP contribution >= 0.6 is 0 Å². The summed E-state index contributed by atoms with van der Waals surface area (Å²) < 4.78 is 1.42. The molecule has 0 bridgehead atoms. The molecule has 0 fully saturated rings. The van der Waals surface area contributed by atoms with Gasteiger partial charge in [0.05, 0.1) is 0 Å². The van der Waals surface area contributed by atoms with E-state index in [2.05, 4.69) is 159 Å². The molecule has 0 amide bonds. The Morgan fingerprint density at radius 2 is 0.974 bits per heavy atom. The zero-order chi connectivity index (χ0) is 26.3. The standard InChI is InChI=1S/C13H9.C13H10.C11H11.Zr/c1-3-7-12-10(5-1)9-11-6-2-4-8-13(11)12;1-3-7-12(8-4-1)11-13-9-5-2-6-10-13;1-8-4-3-5-10-9(2)6-7-11(8)10;/h1-9H;1-10H;3-7H,1-2H3;/q-1;;-1;+2. The summed E-state index contributed by atoms with van der Waals surface area (Å²) in [4.78, 5) is 0. The third-order valence-electron chi connectivity index (χ3n) is 6.90. The van der Waals surface area contributed by atoms with E-state index in [0.29, 0.717) is 0 Å². The maximum absolute atomic E-state index is 2.24. The first-order valence-corrected chi connectivity index (χ1v) is 14.2. The molecule has 0 aliphatic heterocycles. The molecule has 1 heteroatoms. The van der Waals surface area contributed by atoms with Gasteiger partial charge in [-0.2, -0.15) is 11.6 Å². The van der Waals surface area contributed by atoms with E-state index < -0.39 is 0 Å². The van der Waals surface area contributed by atoms with Gasteiger partial charge in [0.2, 0.25) is 0 Å². The summed E-state index contributed by atoms with van der Waals surface area (Å²) in [5.41, 5.74) is 5.41. The molecule has 0 atom stereocenters. The van der Waals surface area contributed by atoms with Gasteiger partial charge in [-0.1, -0.05) is 56.3 Å². The number of aryl methyl sites for hydroxylation is 2. The summed E-state index contributed by atoms with van der Waals surface area (Å²) >= 11 is 1.46. The third kappa shape index (κ3) is 5.90. The molecule has 0 nitrogen and oxygen atoms in total. The van der Waals surface area contributed by atoms with Crippen LogP contribution in [0.15, 0.2) is 146 Å². The van der Waals surface area contributed by atoms with E-state index in [1.165, 1.54) is 82.0 Å². The van der Waals surface area contributed by atoms with E-state index in [0.717, 1.165) is 0 Å². The second-order valence-electron chi connectivity index (χ2n) is 9.48. The van der Waals surface area contributed by atoms with Crippen LogP contribution in [0.1, 0.15) is 22.3 Å². The molecule has 0 spiro atoms. The van der Waals surface area contributed by atoms with Crippen molar-refractivity contribution in [2.75, 3.05) is 0 Å². The van der Waals surface area contributed by atoms with Gasteiger partial charge in [0.25, 0.3) is 0 Å². The molecule has 0 saturated carbocycles. The minimum absolute atomic E-state index is 1.33. The molecule has 182 valence electrons. The summed E-state index contributed by atoms with van der Waals surface area (Å²) in [6.45, 7) is 4.31. The predicted molar refractivity (Wildman–Crippen MR) is 162 cm³/mol. The second-order valence-corrected chi connectivity index (χ2v) is 10.7. The van der Waals surface area contributed by atoms with Gasteiger partial charge in [0.15, 0.2) is 0 Å². The van der Waals surface area contributed by atoms with Crippen LogP contribution in [0, 0.1) is 13.8 Å². The molecule has 0 aliphatic carbocycles. The summed E-state index contributed by atoms with van der Waals surface area (Å²) in [7, 11) is 0. The summed E-state index contributed by atoms with van der Waals surface area (Å²) in [6.07, 6.45) is 0. The number of hydrogen-bond acceptors (Lipinski definition) is 0. The van der Waals surface area contributed by atoms with Crippen molar-refractivity contribution in [3.05, 3.63) is 168 Å². The van der Waals surface area contributed by atoms with Gasteiger partial charge in [-0.3, -0.25) is 0 Å². The Morgan fingerprint density at radius 3 is 1.50 bits per heavy atom. The van der Waals surface area contributed by atoms with Gasteiger partial charge < -0.3 is 0 Å². The smallest absolute Gasteiger partial charge is 0.0771 e. The first-order chi connectivity index (χ1) is 18.6. The first kappa shape index (κ1) is 26.0. The Morgan fingerprint density at radius 1 is 0.500 bits per heavy atom. The Balaban J connectivity index is 0.000000117. The number of hydrogen-bond donors (Lipinski definition) is 0. The van der Waals surface area contributed by atoms with Crippen LogP contribution in [0.25, 0.3) is 32.3 Å². The van der Waals surface area contributed by atoms with E-state index in [9.17, 15) is 0 Å². The van der Waals surface area contributed by atoms with Gasteiger partial charge in [0.1, 0.15) is 0 Å². The Hall–Kier alpha value is -3.67. The molecule has 7 aromatic carbocycles. The average Bonchev–Trinajstić information content (AvgIpc) is 3.55. The molecular formula is C37H30Zr. The number of benzene rings is 5. The first-order valence-electron chi connectivity index (χ1n) is 13.0. The number of rotatable bonds is 2. The van der Waals surface area contributed by atoms with Crippen LogP contribution < -0.4 is 0 Å². The van der Waals surface area contributed by atoms with Crippen molar-refractivity contribution in [2.24, 2.45) is 0 Å². The van der Waals surface area contributed by atoms with Crippen molar-refractivity contribution >= 4 is 35.5 Å². The summed E-state index contributed by atoms with van der Waals surface area (Å²) in [5, 5.41) is 8.18. The zero-order valence-electron chi connectivity index (χ0n) is 21.9. The second kappa shape index (κ2) is 12.3. The fourth-order valence-electron chi connectivity index (χ4n) is 4.82. The van der Waals surface area contributed by atoms with Gasteiger partial charge in [-0.25, -0.2) is 0 Å². The molecule has 7 aromatic rings. The van der Waals surface area contributed by atoms with E-state index >= 15 is 0 Å². The van der Waals surface area contributed by atoms with Crippen molar-refractivity contribution in [3.8, 4) is 0 Å². The van der Waals surface area contributed by atoms with Crippen molar-refractivity contribution < 1.29 is 24.2 Å². The van der Waals surface area contributed by atoms with Crippen LogP contribution in [0.2, 0.25) is 0 Å². The SMILES string of the molecule is Cc1c[cH-]c2c(C)cccc12.[Zr+2]=[C](c1ccccc1)c1ccccc1.c1ccc2c(c1)[cH-]c1ccccc12. The summed E-state index contributed by atoms with van der Waals surface area (Å²) in [5.74, 6) is 0. The molecule has 0 aliphatic rings. The summed E-state index contributed by atoms with van der Waals surface area (Å²) in [6, 6.07) is 51.2. The van der Waals surface area contributed by atoms with Crippen LogP contribution in [-0.4, -0.2) is 3.21 Å². The molecule has 0 saturated heterocycles. The fraction of sp³-hybridized carbons (Fsp3) is 0.0541. The quantitative estimate of drug-likeness (QED) is 0.183. The molecule has 38 heavy (non-hydrogen) atoms. The molecule has 0 heterocycles. The molecule has 0 aromatic heterocycles. The molecular weight excluding hydrogens is 536 g/mol. The topological polar surface area (TPSA) is 0 Å². The maximum Gasteiger partial charge on any atom is -0.0771 e. The Bertz CT molecular complexity index is 1690. The third-order valence-corrected chi connectivity index (χ3v) is 8.32. The van der Waals surface area contributed by atoms with Crippen molar-refractivity contribution in [1.82, 2.24) is 0 Å². The van der Waals surface area contributed by atoms with E-state index in [1.807, 2.05) is 0 Å². The monoisotopic (exact) mass is 564 g/mol. The molecule has 7 rings (SSSR count). The van der Waals surface area contributed by atoms with E-state index in [1.54, 1.807) is 0 Å². The minimum atomic E-state index is 1.33. The largest absolute Gasteiger partial charge is 0.126 e. The van der Waals surface area contributed by atoms with Crippen LogP contribution in [-0.2, 0) is 24.2 Å². The molecule has 0 N–H and O–H groups in total. The zero-order valence-corrected chi connectivity index (χ0v) is 24.3. The van der Waals surface area contributed by atoms with Gasteiger partial charge in [0, 0.05) is 0 Å². The van der Waals surface area contributed by atoms with Gasteiger partial charge >= 0.3 is 99.2 Å². The van der Waals surface area contributed by atoms with Crippen molar-refractivity contribution in [1.29, 1.82) is 0 Å². The Labute approximate surface area is 240 Å². The van der Waals surface area contributed by atoms with Gasteiger partial charge in [-0.15, -0.1) is 74.3 Å².